The van der Waals surface area contributed by atoms with Crippen LogP contribution >= 0.6 is 12.2 Å². The maximum Gasteiger partial charge on any atom is 0.0394 e. The number of aryl methyl sites for hydroxylation is 2. The van der Waals surface area contributed by atoms with Crippen molar-refractivity contribution in [2.24, 2.45) is 0 Å². The molecule has 0 aliphatic rings. The van der Waals surface area contributed by atoms with Gasteiger partial charge in [-0.3, -0.25) is 0 Å². The fourth-order valence-electron chi connectivity index (χ4n) is 1.77. The zero-order valence-electron chi connectivity index (χ0n) is 10.0. The van der Waals surface area contributed by atoms with Crippen LogP contribution in [0.15, 0.2) is 48.7 Å². The molecule has 0 atom stereocenters. The standard InChI is InChI=1S/C15H15NS/c1-11-7-8-14(17)9-12(2)16-10-13-5-3-4-6-15(11)13/h3-10,16H,1-2H3. The van der Waals surface area contributed by atoms with Gasteiger partial charge in [-0.05, 0) is 42.3 Å². The zero-order valence-corrected chi connectivity index (χ0v) is 10.8. The Hall–Kier alpha value is -1.67. The van der Waals surface area contributed by atoms with Crippen molar-refractivity contribution in [2.75, 3.05) is 0 Å². The molecule has 0 saturated heterocycles. The minimum atomic E-state index is 0.835. The van der Waals surface area contributed by atoms with Crippen molar-refractivity contribution in [3.05, 3.63) is 64.4 Å². The van der Waals surface area contributed by atoms with E-state index in [1.165, 1.54) is 16.3 Å². The summed E-state index contributed by atoms with van der Waals surface area (Å²) in [6.07, 6.45) is 2.02. The molecule has 1 N–H and O–H groups in total. The van der Waals surface area contributed by atoms with Gasteiger partial charge in [-0.2, -0.15) is 0 Å². The van der Waals surface area contributed by atoms with E-state index in [-0.39, 0.29) is 0 Å². The third-order valence-electron chi connectivity index (χ3n) is 2.70. The molecule has 0 fully saturated rings. The SMILES string of the molecule is Cc1cc(=S)ccc(C)c2ccccc2c[nH]1. The van der Waals surface area contributed by atoms with Gasteiger partial charge in [0, 0.05) is 16.4 Å². The highest BCUT2D eigenvalue weighted by molar-refractivity contribution is 7.71. The number of fused-ring (bicyclic) bond motifs is 1. The van der Waals surface area contributed by atoms with Crippen molar-refractivity contribution in [2.45, 2.75) is 13.8 Å². The van der Waals surface area contributed by atoms with Gasteiger partial charge in [0.2, 0.25) is 0 Å². The van der Waals surface area contributed by atoms with Crippen molar-refractivity contribution in [3.8, 4) is 0 Å². The predicted octanol–water partition coefficient (Wildman–Crippen LogP) is 4.64. The first-order valence-electron chi connectivity index (χ1n) is 5.60. The molecule has 1 nitrogen and oxygen atoms in total. The fraction of sp³-hybridized carbons (Fsp3) is 0.133. The van der Waals surface area contributed by atoms with E-state index in [4.69, 9.17) is 12.2 Å². The third kappa shape index (κ3) is 2.92. The van der Waals surface area contributed by atoms with Crippen LogP contribution in [-0.2, 0) is 0 Å². The van der Waals surface area contributed by atoms with E-state index >= 15 is 0 Å². The summed E-state index contributed by atoms with van der Waals surface area (Å²) < 4.78 is 0.835. The molecule has 2 heteroatoms. The minimum absolute atomic E-state index is 0.835. The lowest BCUT2D eigenvalue weighted by atomic mass is 10.1. The Bertz CT molecular complexity index is 654. The Kier molecular flexibility index (Phi) is 3.55. The molecular weight excluding hydrogens is 226 g/mol. The lowest BCUT2D eigenvalue weighted by Gasteiger charge is -1.97. The number of rotatable bonds is 0. The van der Waals surface area contributed by atoms with Crippen molar-refractivity contribution < 1.29 is 0 Å². The Morgan fingerprint density at radius 3 is 2.59 bits per heavy atom. The molecule has 0 radical (unpaired) electrons. The Labute approximate surface area is 106 Å². The summed E-state index contributed by atoms with van der Waals surface area (Å²) in [6, 6.07) is 14.3. The maximum absolute atomic E-state index is 5.26. The second kappa shape index (κ2) is 5.11. The fourth-order valence-corrected chi connectivity index (χ4v) is 2.02. The van der Waals surface area contributed by atoms with Crippen LogP contribution in [0.4, 0.5) is 0 Å². The van der Waals surface area contributed by atoms with Crippen LogP contribution in [0.1, 0.15) is 11.3 Å². The molecule has 1 aromatic heterocycles. The molecule has 0 unspecified atom stereocenters. The van der Waals surface area contributed by atoms with Crippen LogP contribution in [0.3, 0.4) is 0 Å². The molecule has 1 heterocycles. The maximum atomic E-state index is 5.26. The lowest BCUT2D eigenvalue weighted by molar-refractivity contribution is 1.23. The molecule has 0 aliphatic carbocycles. The van der Waals surface area contributed by atoms with Gasteiger partial charge in [0.1, 0.15) is 0 Å². The number of benzene rings is 1. The second-order valence-corrected chi connectivity index (χ2v) is 4.59. The monoisotopic (exact) mass is 241 g/mol. The van der Waals surface area contributed by atoms with E-state index in [1.807, 2.05) is 31.3 Å². The van der Waals surface area contributed by atoms with E-state index in [2.05, 4.69) is 36.2 Å². The number of aromatic amines is 1. The first kappa shape index (κ1) is 11.8. The third-order valence-corrected chi connectivity index (χ3v) is 2.95. The summed E-state index contributed by atoms with van der Waals surface area (Å²) in [4.78, 5) is 3.26. The van der Waals surface area contributed by atoms with Gasteiger partial charge in [-0.15, -0.1) is 0 Å². The number of hydrogen-bond acceptors (Lipinski definition) is 1. The van der Waals surface area contributed by atoms with Gasteiger partial charge < -0.3 is 4.98 Å². The number of aromatic nitrogens is 1. The minimum Gasteiger partial charge on any atom is -0.365 e. The van der Waals surface area contributed by atoms with Crippen LogP contribution in [0.25, 0.3) is 10.8 Å². The van der Waals surface area contributed by atoms with Gasteiger partial charge >= 0.3 is 0 Å². The summed E-state index contributed by atoms with van der Waals surface area (Å²) >= 11 is 5.26. The molecule has 17 heavy (non-hydrogen) atoms. The second-order valence-electron chi connectivity index (χ2n) is 4.12. The summed E-state index contributed by atoms with van der Waals surface area (Å²) in [6.45, 7) is 4.11. The van der Waals surface area contributed by atoms with Crippen LogP contribution in [0.2, 0.25) is 0 Å². The molecule has 0 aliphatic heterocycles. The average Bonchev–Trinajstić information content (AvgIpc) is 2.33. The summed E-state index contributed by atoms with van der Waals surface area (Å²) in [5.74, 6) is 0. The van der Waals surface area contributed by atoms with Gasteiger partial charge in [0.25, 0.3) is 0 Å². The molecule has 0 amide bonds. The van der Waals surface area contributed by atoms with Crippen LogP contribution in [0.5, 0.6) is 0 Å². The quantitative estimate of drug-likeness (QED) is 0.664. The zero-order chi connectivity index (χ0) is 12.3. The highest BCUT2D eigenvalue weighted by Crippen LogP contribution is 2.14. The summed E-state index contributed by atoms with van der Waals surface area (Å²) in [7, 11) is 0. The van der Waals surface area contributed by atoms with Crippen molar-refractivity contribution in [3.63, 3.8) is 0 Å². The molecule has 2 rings (SSSR count). The number of nitrogens with one attached hydrogen (secondary N) is 1. The highest BCUT2D eigenvalue weighted by atomic mass is 32.1. The lowest BCUT2D eigenvalue weighted by Crippen LogP contribution is -1.78. The average molecular weight is 241 g/mol. The van der Waals surface area contributed by atoms with Gasteiger partial charge in [-0.25, -0.2) is 0 Å². The van der Waals surface area contributed by atoms with Gasteiger partial charge in [0.15, 0.2) is 0 Å². The number of hydrogen-bond donors (Lipinski definition) is 1. The first-order chi connectivity index (χ1) is 8.16. The Morgan fingerprint density at radius 1 is 1.00 bits per heavy atom. The van der Waals surface area contributed by atoms with E-state index < -0.39 is 0 Å². The van der Waals surface area contributed by atoms with E-state index in [0.29, 0.717) is 0 Å². The van der Waals surface area contributed by atoms with Crippen LogP contribution in [0, 0.1) is 18.4 Å². The van der Waals surface area contributed by atoms with Gasteiger partial charge in [-0.1, -0.05) is 42.5 Å². The topological polar surface area (TPSA) is 15.8 Å². The molecule has 2 aromatic rings. The largest absolute Gasteiger partial charge is 0.365 e. The smallest absolute Gasteiger partial charge is 0.0394 e. The first-order valence-corrected chi connectivity index (χ1v) is 6.01. The van der Waals surface area contributed by atoms with Crippen molar-refractivity contribution in [1.29, 1.82) is 0 Å². The van der Waals surface area contributed by atoms with Crippen LogP contribution < -0.4 is 0 Å². The number of H-pyrrole nitrogens is 1. The highest BCUT2D eigenvalue weighted by Gasteiger charge is 1.91. The normalized spacial score (nSPS) is 10.0. The van der Waals surface area contributed by atoms with E-state index in [0.717, 1.165) is 10.2 Å². The molecule has 0 bridgehead atoms. The summed E-state index contributed by atoms with van der Waals surface area (Å²) in [5.41, 5.74) is 2.27. The Morgan fingerprint density at radius 2 is 1.76 bits per heavy atom. The summed E-state index contributed by atoms with van der Waals surface area (Å²) in [5, 5.41) is 2.42. The molecular formula is C15H15NS. The molecule has 1 aromatic carbocycles. The molecule has 0 spiro atoms. The molecule has 86 valence electrons. The van der Waals surface area contributed by atoms with E-state index in [9.17, 15) is 0 Å². The van der Waals surface area contributed by atoms with E-state index in [1.54, 1.807) is 0 Å². The predicted molar refractivity (Wildman–Crippen MR) is 76.2 cm³/mol. The van der Waals surface area contributed by atoms with Crippen molar-refractivity contribution in [1.82, 2.24) is 4.98 Å². The molecule has 0 saturated carbocycles. The van der Waals surface area contributed by atoms with Crippen LogP contribution in [-0.4, -0.2) is 4.98 Å². The Balaban J connectivity index is 2.93. The van der Waals surface area contributed by atoms with Crippen molar-refractivity contribution >= 4 is 23.0 Å². The van der Waals surface area contributed by atoms with Gasteiger partial charge in [0.05, 0.1) is 0 Å².